The highest BCUT2D eigenvalue weighted by Crippen LogP contribution is 2.19. The van der Waals surface area contributed by atoms with Gasteiger partial charge in [0.15, 0.2) is 0 Å². The van der Waals surface area contributed by atoms with Crippen molar-refractivity contribution < 1.29 is 9.90 Å². The van der Waals surface area contributed by atoms with Crippen LogP contribution in [0.2, 0.25) is 0 Å². The molecular formula is C11H10BrN3O2. The Hall–Kier alpha value is -1.82. The number of rotatable bonds is 3. The van der Waals surface area contributed by atoms with Crippen LogP contribution >= 0.6 is 15.9 Å². The Morgan fingerprint density at radius 2 is 2.06 bits per heavy atom. The monoisotopic (exact) mass is 295 g/mol. The summed E-state index contributed by atoms with van der Waals surface area (Å²) >= 11 is 3.34. The van der Waals surface area contributed by atoms with Crippen LogP contribution in [0.3, 0.4) is 0 Å². The molecule has 0 unspecified atom stereocenters. The maximum atomic E-state index is 10.6. The number of carboxylic acid groups (broad SMARTS) is 1. The van der Waals surface area contributed by atoms with E-state index < -0.39 is 5.97 Å². The van der Waals surface area contributed by atoms with Crippen molar-refractivity contribution in [3.8, 4) is 5.69 Å². The van der Waals surface area contributed by atoms with Gasteiger partial charge in [-0.05, 0) is 24.3 Å². The maximum absolute atomic E-state index is 10.6. The van der Waals surface area contributed by atoms with Gasteiger partial charge >= 0.3 is 5.97 Å². The normalized spacial score (nSPS) is 10.4. The predicted octanol–water partition coefficient (Wildman–Crippen LogP) is 1.84. The Morgan fingerprint density at radius 3 is 2.65 bits per heavy atom. The van der Waals surface area contributed by atoms with Crippen LogP contribution in [-0.2, 0) is 11.2 Å². The number of nitrogens with zero attached hydrogens (tertiary/aromatic N) is 2. The van der Waals surface area contributed by atoms with Crippen LogP contribution in [0.4, 0.5) is 5.82 Å². The van der Waals surface area contributed by atoms with Crippen LogP contribution < -0.4 is 5.73 Å². The van der Waals surface area contributed by atoms with Crippen molar-refractivity contribution in [2.24, 2.45) is 0 Å². The molecule has 6 heteroatoms. The number of anilines is 1. The highest BCUT2D eigenvalue weighted by atomic mass is 79.9. The van der Waals surface area contributed by atoms with Crippen molar-refractivity contribution in [2.75, 3.05) is 5.73 Å². The smallest absolute Gasteiger partial charge is 0.308 e. The highest BCUT2D eigenvalue weighted by molar-refractivity contribution is 9.10. The van der Waals surface area contributed by atoms with Crippen LogP contribution in [0.1, 0.15) is 5.56 Å². The Morgan fingerprint density at radius 1 is 1.41 bits per heavy atom. The fourth-order valence-electron chi connectivity index (χ4n) is 1.48. The van der Waals surface area contributed by atoms with Crippen LogP contribution in [0.15, 0.2) is 34.9 Å². The topological polar surface area (TPSA) is 81.1 Å². The zero-order valence-electron chi connectivity index (χ0n) is 8.80. The number of halogens is 1. The molecule has 0 saturated carbocycles. The molecule has 0 amide bonds. The zero-order chi connectivity index (χ0) is 12.4. The van der Waals surface area contributed by atoms with Gasteiger partial charge in [-0.25, -0.2) is 4.68 Å². The summed E-state index contributed by atoms with van der Waals surface area (Å²) in [6, 6.07) is 7.43. The summed E-state index contributed by atoms with van der Waals surface area (Å²) in [5, 5.41) is 12.8. The summed E-state index contributed by atoms with van der Waals surface area (Å²) in [6.45, 7) is 0. The van der Waals surface area contributed by atoms with Gasteiger partial charge in [0.05, 0.1) is 18.3 Å². The van der Waals surface area contributed by atoms with Gasteiger partial charge in [-0.15, -0.1) is 0 Å². The largest absolute Gasteiger partial charge is 0.481 e. The summed E-state index contributed by atoms with van der Waals surface area (Å²) in [5.41, 5.74) is 7.16. The molecule has 1 aromatic carbocycles. The van der Waals surface area contributed by atoms with Crippen molar-refractivity contribution in [3.05, 3.63) is 40.5 Å². The number of nitrogen functional groups attached to an aromatic ring is 1. The van der Waals surface area contributed by atoms with Gasteiger partial charge < -0.3 is 10.8 Å². The molecule has 88 valence electrons. The summed E-state index contributed by atoms with van der Waals surface area (Å²) in [6.07, 6.45) is 1.36. The second-order valence-electron chi connectivity index (χ2n) is 3.51. The molecule has 2 aromatic rings. The van der Waals surface area contributed by atoms with Gasteiger partial charge in [0.2, 0.25) is 0 Å². The van der Waals surface area contributed by atoms with Gasteiger partial charge in [0, 0.05) is 10.0 Å². The molecule has 0 radical (unpaired) electrons. The molecule has 1 heterocycles. The molecule has 5 nitrogen and oxygen atoms in total. The lowest BCUT2D eigenvalue weighted by atomic mass is 10.2. The quantitative estimate of drug-likeness (QED) is 0.905. The lowest BCUT2D eigenvalue weighted by molar-refractivity contribution is -0.136. The molecule has 0 aliphatic rings. The van der Waals surface area contributed by atoms with E-state index in [1.807, 2.05) is 24.3 Å². The van der Waals surface area contributed by atoms with E-state index in [9.17, 15) is 4.79 Å². The molecule has 0 saturated heterocycles. The molecule has 17 heavy (non-hydrogen) atoms. The highest BCUT2D eigenvalue weighted by Gasteiger charge is 2.11. The van der Waals surface area contributed by atoms with Crippen LogP contribution in [0.25, 0.3) is 5.69 Å². The molecule has 0 fully saturated rings. The van der Waals surface area contributed by atoms with Crippen LogP contribution in [0.5, 0.6) is 0 Å². The number of hydrogen-bond acceptors (Lipinski definition) is 3. The maximum Gasteiger partial charge on any atom is 0.308 e. The molecule has 3 N–H and O–H groups in total. The van der Waals surface area contributed by atoms with E-state index in [0.29, 0.717) is 11.4 Å². The number of aliphatic carboxylic acids is 1. The fourth-order valence-corrected chi connectivity index (χ4v) is 1.74. The second kappa shape index (κ2) is 4.58. The van der Waals surface area contributed by atoms with Gasteiger partial charge in [0.1, 0.15) is 5.82 Å². The van der Waals surface area contributed by atoms with Gasteiger partial charge in [-0.1, -0.05) is 15.9 Å². The Labute approximate surface area is 106 Å². The lowest BCUT2D eigenvalue weighted by Gasteiger charge is -2.04. The third kappa shape index (κ3) is 2.47. The first kappa shape index (κ1) is 11.7. The summed E-state index contributed by atoms with van der Waals surface area (Å²) in [4.78, 5) is 10.6. The van der Waals surface area contributed by atoms with Gasteiger partial charge in [0.25, 0.3) is 0 Å². The number of carboxylic acids is 1. The lowest BCUT2D eigenvalue weighted by Crippen LogP contribution is -2.05. The third-order valence-corrected chi connectivity index (χ3v) is 2.83. The molecule has 0 atom stereocenters. The first-order valence-corrected chi connectivity index (χ1v) is 5.67. The molecule has 0 spiro atoms. The van der Waals surface area contributed by atoms with Crippen LogP contribution in [0, 0.1) is 0 Å². The van der Waals surface area contributed by atoms with E-state index in [2.05, 4.69) is 21.0 Å². The van der Waals surface area contributed by atoms with Crippen molar-refractivity contribution in [3.63, 3.8) is 0 Å². The minimum atomic E-state index is -0.924. The molecule has 1 aromatic heterocycles. The van der Waals surface area contributed by atoms with E-state index in [-0.39, 0.29) is 6.42 Å². The van der Waals surface area contributed by atoms with Crippen molar-refractivity contribution in [1.82, 2.24) is 9.78 Å². The number of benzene rings is 1. The number of hydrogen-bond donors (Lipinski definition) is 2. The predicted molar refractivity (Wildman–Crippen MR) is 67.0 cm³/mol. The standard InChI is InChI=1S/C11H10BrN3O2/c12-8-1-3-9(4-2-8)15-11(13)7(6-14-15)5-10(16)17/h1-4,6H,5,13H2,(H,16,17). The molecule has 0 aliphatic heterocycles. The van der Waals surface area contributed by atoms with Crippen molar-refractivity contribution in [2.45, 2.75) is 6.42 Å². The average molecular weight is 296 g/mol. The summed E-state index contributed by atoms with van der Waals surface area (Å²) in [7, 11) is 0. The van der Waals surface area contributed by atoms with Crippen LogP contribution in [-0.4, -0.2) is 20.9 Å². The molecule has 0 bridgehead atoms. The minimum absolute atomic E-state index is 0.123. The number of nitrogens with two attached hydrogens (primary N) is 1. The summed E-state index contributed by atoms with van der Waals surface area (Å²) < 4.78 is 2.47. The SMILES string of the molecule is Nc1c(CC(=O)O)cnn1-c1ccc(Br)cc1. The van der Waals surface area contributed by atoms with Gasteiger partial charge in [-0.2, -0.15) is 5.10 Å². The molecule has 2 rings (SSSR count). The molecular weight excluding hydrogens is 286 g/mol. The molecule has 0 aliphatic carbocycles. The minimum Gasteiger partial charge on any atom is -0.481 e. The number of aromatic nitrogens is 2. The second-order valence-corrected chi connectivity index (χ2v) is 4.43. The Bertz CT molecular complexity index is 548. The Balaban J connectivity index is 2.37. The first-order chi connectivity index (χ1) is 8.08. The van der Waals surface area contributed by atoms with E-state index in [4.69, 9.17) is 10.8 Å². The van der Waals surface area contributed by atoms with E-state index >= 15 is 0 Å². The van der Waals surface area contributed by atoms with E-state index in [1.54, 1.807) is 0 Å². The van der Waals surface area contributed by atoms with E-state index in [1.165, 1.54) is 10.9 Å². The van der Waals surface area contributed by atoms with Crippen molar-refractivity contribution in [1.29, 1.82) is 0 Å². The third-order valence-electron chi connectivity index (χ3n) is 2.30. The zero-order valence-corrected chi connectivity index (χ0v) is 10.4. The fraction of sp³-hybridized carbons (Fsp3) is 0.0909. The summed E-state index contributed by atoms with van der Waals surface area (Å²) in [5.74, 6) is -0.568. The Kier molecular flexibility index (Phi) is 3.14. The van der Waals surface area contributed by atoms with E-state index in [0.717, 1.165) is 10.2 Å². The first-order valence-electron chi connectivity index (χ1n) is 4.88. The van der Waals surface area contributed by atoms with Crippen molar-refractivity contribution >= 4 is 27.7 Å². The average Bonchev–Trinajstić information content (AvgIpc) is 2.61. The number of carbonyl (C=O) groups is 1. The van der Waals surface area contributed by atoms with Gasteiger partial charge in [-0.3, -0.25) is 4.79 Å².